The summed E-state index contributed by atoms with van der Waals surface area (Å²) < 4.78 is 5.23. The highest BCUT2D eigenvalue weighted by Crippen LogP contribution is 2.26. The van der Waals surface area contributed by atoms with Crippen LogP contribution in [0, 0.1) is 17.0 Å². The van der Waals surface area contributed by atoms with Gasteiger partial charge in [-0.25, -0.2) is 4.98 Å². The average Bonchev–Trinajstić information content (AvgIpc) is 3.18. The fraction of sp³-hybridized carbons (Fsp3) is 0.0667. The zero-order valence-corrected chi connectivity index (χ0v) is 12.8. The van der Waals surface area contributed by atoms with E-state index < -0.39 is 10.8 Å². The van der Waals surface area contributed by atoms with Gasteiger partial charge in [0.1, 0.15) is 5.69 Å². The number of anilines is 1. The minimum atomic E-state index is -0.509. The molecule has 7 nitrogen and oxygen atoms in total. The number of thiazole rings is 1. The largest absolute Gasteiger partial charge is 0.463 e. The van der Waals surface area contributed by atoms with Crippen molar-refractivity contribution in [3.8, 4) is 11.5 Å². The summed E-state index contributed by atoms with van der Waals surface area (Å²) in [5.41, 5.74) is 1.23. The maximum Gasteiger partial charge on any atom is 0.273 e. The van der Waals surface area contributed by atoms with Crippen molar-refractivity contribution in [2.24, 2.45) is 0 Å². The Labute approximate surface area is 134 Å². The van der Waals surface area contributed by atoms with E-state index in [1.54, 1.807) is 42.8 Å². The lowest BCUT2D eigenvalue weighted by atomic mass is 10.1. The number of carbonyl (C=O) groups is 1. The lowest BCUT2D eigenvalue weighted by Gasteiger charge is -2.03. The van der Waals surface area contributed by atoms with Gasteiger partial charge < -0.3 is 4.42 Å². The van der Waals surface area contributed by atoms with Gasteiger partial charge in [0.05, 0.1) is 11.2 Å². The van der Waals surface area contributed by atoms with Crippen molar-refractivity contribution in [1.82, 2.24) is 4.98 Å². The first-order valence-electron chi connectivity index (χ1n) is 6.60. The third-order valence-electron chi connectivity index (χ3n) is 3.17. The molecule has 0 saturated heterocycles. The van der Waals surface area contributed by atoms with Crippen molar-refractivity contribution in [2.75, 3.05) is 5.32 Å². The second-order valence-electron chi connectivity index (χ2n) is 4.73. The number of furan rings is 1. The van der Waals surface area contributed by atoms with Crippen molar-refractivity contribution >= 4 is 28.1 Å². The maximum absolute atomic E-state index is 12.2. The molecule has 0 saturated carbocycles. The molecule has 1 N–H and O–H groups in total. The molecule has 1 amide bonds. The number of carbonyl (C=O) groups excluding carboxylic acids is 1. The van der Waals surface area contributed by atoms with E-state index in [1.165, 1.54) is 17.4 Å². The Kier molecular flexibility index (Phi) is 3.90. The molecule has 2 aromatic heterocycles. The minimum Gasteiger partial charge on any atom is -0.463 e. The molecular formula is C15H11N3O4S. The maximum atomic E-state index is 12.2. The number of aromatic nitrogens is 1. The van der Waals surface area contributed by atoms with Crippen LogP contribution in [0.4, 0.5) is 10.8 Å². The lowest BCUT2D eigenvalue weighted by molar-refractivity contribution is -0.385. The number of hydrogen-bond acceptors (Lipinski definition) is 6. The van der Waals surface area contributed by atoms with Gasteiger partial charge in [0.15, 0.2) is 10.9 Å². The van der Waals surface area contributed by atoms with Crippen molar-refractivity contribution in [3.05, 3.63) is 63.2 Å². The first-order valence-corrected chi connectivity index (χ1v) is 7.48. The predicted molar refractivity (Wildman–Crippen MR) is 85.6 cm³/mol. The standard InChI is InChI=1S/C15H11N3O4S/c1-9-4-5-10(7-12(9)18(20)21)14(19)17-15-16-11(8-23-15)13-3-2-6-22-13/h2-8H,1H3,(H,16,17,19). The number of nitro groups is 1. The van der Waals surface area contributed by atoms with E-state index >= 15 is 0 Å². The quantitative estimate of drug-likeness (QED) is 0.578. The van der Waals surface area contributed by atoms with Crippen LogP contribution in [0.1, 0.15) is 15.9 Å². The molecule has 0 fully saturated rings. The number of benzene rings is 1. The molecule has 116 valence electrons. The first kappa shape index (κ1) is 14.9. The van der Waals surface area contributed by atoms with E-state index in [2.05, 4.69) is 10.3 Å². The van der Waals surface area contributed by atoms with Crippen LogP contribution < -0.4 is 5.32 Å². The Morgan fingerprint density at radius 2 is 2.22 bits per heavy atom. The van der Waals surface area contributed by atoms with Gasteiger partial charge in [-0.2, -0.15) is 0 Å². The molecule has 0 aliphatic carbocycles. The van der Waals surface area contributed by atoms with E-state index in [9.17, 15) is 14.9 Å². The lowest BCUT2D eigenvalue weighted by Crippen LogP contribution is -2.12. The van der Waals surface area contributed by atoms with Crippen LogP contribution in [0.3, 0.4) is 0 Å². The van der Waals surface area contributed by atoms with Crippen LogP contribution in [0.2, 0.25) is 0 Å². The van der Waals surface area contributed by atoms with Gasteiger partial charge in [0, 0.05) is 22.6 Å². The fourth-order valence-electron chi connectivity index (χ4n) is 1.99. The number of nitrogens with zero attached hydrogens (tertiary/aromatic N) is 2. The van der Waals surface area contributed by atoms with Gasteiger partial charge >= 0.3 is 0 Å². The van der Waals surface area contributed by atoms with Crippen LogP contribution in [-0.4, -0.2) is 15.8 Å². The van der Waals surface area contributed by atoms with E-state index in [0.29, 0.717) is 22.1 Å². The Morgan fingerprint density at radius 3 is 2.91 bits per heavy atom. The Balaban J connectivity index is 1.80. The average molecular weight is 329 g/mol. The number of hydrogen-bond donors (Lipinski definition) is 1. The fourth-order valence-corrected chi connectivity index (χ4v) is 2.68. The second kappa shape index (κ2) is 6.01. The van der Waals surface area contributed by atoms with Crippen LogP contribution in [0.25, 0.3) is 11.5 Å². The van der Waals surface area contributed by atoms with Gasteiger partial charge in [-0.15, -0.1) is 11.3 Å². The Bertz CT molecular complexity index is 871. The van der Waals surface area contributed by atoms with E-state index in [1.807, 2.05) is 0 Å². The van der Waals surface area contributed by atoms with Gasteiger partial charge in [-0.05, 0) is 25.1 Å². The molecule has 3 aromatic rings. The number of rotatable bonds is 4. The molecule has 0 spiro atoms. The highest BCUT2D eigenvalue weighted by atomic mass is 32.1. The van der Waals surface area contributed by atoms with Crippen molar-refractivity contribution in [2.45, 2.75) is 6.92 Å². The molecule has 0 atom stereocenters. The van der Waals surface area contributed by atoms with E-state index in [-0.39, 0.29) is 11.3 Å². The first-order chi connectivity index (χ1) is 11.0. The molecule has 3 rings (SSSR count). The van der Waals surface area contributed by atoms with Gasteiger partial charge in [0.2, 0.25) is 0 Å². The zero-order valence-electron chi connectivity index (χ0n) is 12.0. The zero-order chi connectivity index (χ0) is 16.4. The minimum absolute atomic E-state index is 0.0898. The number of nitrogens with one attached hydrogen (secondary N) is 1. The Hall–Kier alpha value is -3.00. The van der Waals surface area contributed by atoms with Gasteiger partial charge in [-0.1, -0.05) is 6.07 Å². The van der Waals surface area contributed by atoms with Crippen molar-refractivity contribution in [1.29, 1.82) is 0 Å². The summed E-state index contributed by atoms with van der Waals surface area (Å²) in [5.74, 6) is 0.154. The third kappa shape index (κ3) is 3.11. The molecule has 0 radical (unpaired) electrons. The molecule has 0 aliphatic heterocycles. The molecule has 2 heterocycles. The van der Waals surface area contributed by atoms with Gasteiger partial charge in [-0.3, -0.25) is 20.2 Å². The van der Waals surface area contributed by atoms with Crippen molar-refractivity contribution in [3.63, 3.8) is 0 Å². The molecule has 1 aromatic carbocycles. The molecular weight excluding hydrogens is 318 g/mol. The molecule has 0 unspecified atom stereocenters. The van der Waals surface area contributed by atoms with E-state index in [0.717, 1.165) is 0 Å². The highest BCUT2D eigenvalue weighted by Gasteiger charge is 2.16. The predicted octanol–water partition coefficient (Wildman–Crippen LogP) is 3.87. The summed E-state index contributed by atoms with van der Waals surface area (Å²) >= 11 is 1.25. The molecule has 8 heteroatoms. The Morgan fingerprint density at radius 1 is 1.39 bits per heavy atom. The monoisotopic (exact) mass is 329 g/mol. The third-order valence-corrected chi connectivity index (χ3v) is 3.92. The summed E-state index contributed by atoms with van der Waals surface area (Å²) in [6.45, 7) is 1.62. The normalized spacial score (nSPS) is 10.5. The summed E-state index contributed by atoms with van der Waals surface area (Å²) in [7, 11) is 0. The van der Waals surface area contributed by atoms with E-state index in [4.69, 9.17) is 4.42 Å². The summed E-state index contributed by atoms with van der Waals surface area (Å²) in [5, 5.41) is 15.7. The number of nitro benzene ring substituents is 1. The molecule has 23 heavy (non-hydrogen) atoms. The summed E-state index contributed by atoms with van der Waals surface area (Å²) in [6.07, 6.45) is 1.54. The highest BCUT2D eigenvalue weighted by molar-refractivity contribution is 7.14. The van der Waals surface area contributed by atoms with Crippen molar-refractivity contribution < 1.29 is 14.1 Å². The van der Waals surface area contributed by atoms with Crippen LogP contribution in [0.15, 0.2) is 46.4 Å². The smallest absolute Gasteiger partial charge is 0.273 e. The van der Waals surface area contributed by atoms with Crippen LogP contribution in [-0.2, 0) is 0 Å². The second-order valence-corrected chi connectivity index (χ2v) is 5.59. The van der Waals surface area contributed by atoms with Crippen LogP contribution >= 0.6 is 11.3 Å². The molecule has 0 aliphatic rings. The van der Waals surface area contributed by atoms with Crippen LogP contribution in [0.5, 0.6) is 0 Å². The van der Waals surface area contributed by atoms with Gasteiger partial charge in [0.25, 0.3) is 11.6 Å². The topological polar surface area (TPSA) is 98.3 Å². The summed E-state index contributed by atoms with van der Waals surface area (Å²) in [6, 6.07) is 7.86. The summed E-state index contributed by atoms with van der Waals surface area (Å²) in [4.78, 5) is 26.9. The molecule has 0 bridgehead atoms. The SMILES string of the molecule is Cc1ccc(C(=O)Nc2nc(-c3ccco3)cs2)cc1[N+](=O)[O-]. The number of amides is 1. The number of aryl methyl sites for hydroxylation is 1.